The summed E-state index contributed by atoms with van der Waals surface area (Å²) in [5, 5.41) is 9.70. The van der Waals surface area contributed by atoms with Crippen molar-refractivity contribution in [1.29, 1.82) is 0 Å². The van der Waals surface area contributed by atoms with Gasteiger partial charge in [-0.1, -0.05) is 30.7 Å². The van der Waals surface area contributed by atoms with Crippen LogP contribution in [-0.2, 0) is 30.8 Å². The van der Waals surface area contributed by atoms with E-state index in [1.807, 2.05) is 41.3 Å². The quantitative estimate of drug-likeness (QED) is 0.591. The number of benzene rings is 2. The molecule has 6 nitrogen and oxygen atoms in total. The Morgan fingerprint density at radius 2 is 2.03 bits per heavy atom. The monoisotopic (exact) mass is 437 g/mol. The van der Waals surface area contributed by atoms with Gasteiger partial charge in [0.2, 0.25) is 0 Å². The van der Waals surface area contributed by atoms with Crippen LogP contribution >= 0.6 is 11.6 Å². The summed E-state index contributed by atoms with van der Waals surface area (Å²) >= 11 is 6.34. The number of halogens is 1. The molecule has 1 aliphatic heterocycles. The fourth-order valence-corrected chi connectivity index (χ4v) is 4.04. The molecular weight excluding hydrogens is 414 g/mol. The Morgan fingerprint density at radius 1 is 1.23 bits per heavy atom. The fraction of sp³-hybridized carbons (Fsp3) is 0.292. The van der Waals surface area contributed by atoms with Crippen LogP contribution in [0.3, 0.4) is 0 Å². The predicted octanol–water partition coefficient (Wildman–Crippen LogP) is 4.38. The normalized spacial score (nSPS) is 13.6. The average Bonchev–Trinajstić information content (AvgIpc) is 2.77. The van der Waals surface area contributed by atoms with Crippen LogP contribution in [0.5, 0.6) is 5.75 Å². The second-order valence-corrected chi connectivity index (χ2v) is 7.97. The van der Waals surface area contributed by atoms with E-state index in [-0.39, 0.29) is 6.54 Å². The van der Waals surface area contributed by atoms with Crippen molar-refractivity contribution in [3.63, 3.8) is 0 Å². The van der Waals surface area contributed by atoms with Crippen LogP contribution in [0.1, 0.15) is 29.3 Å². The van der Waals surface area contributed by atoms with Crippen molar-refractivity contribution in [2.24, 2.45) is 0 Å². The molecule has 3 aromatic rings. The van der Waals surface area contributed by atoms with E-state index in [0.717, 1.165) is 46.0 Å². The molecule has 0 saturated heterocycles. The van der Waals surface area contributed by atoms with Gasteiger partial charge in [0.25, 0.3) is 0 Å². The highest BCUT2D eigenvalue weighted by atomic mass is 35.5. The number of carbonyl (C=O) groups is 1. The molecule has 1 N–H and O–H groups in total. The molecule has 0 saturated carbocycles. The Morgan fingerprint density at radius 3 is 2.77 bits per heavy atom. The topological polar surface area (TPSA) is 75.6 Å². The maximum atomic E-state index is 10.9. The first-order chi connectivity index (χ1) is 15.0. The number of hydrogen-bond donors (Lipinski definition) is 1. The number of carboxylic acid groups (broad SMARTS) is 1. The van der Waals surface area contributed by atoms with Gasteiger partial charge in [-0.3, -0.25) is 9.69 Å². The summed E-state index contributed by atoms with van der Waals surface area (Å²) < 4.78 is 5.96. The smallest absolute Gasteiger partial charge is 0.317 e. The van der Waals surface area contributed by atoms with Gasteiger partial charge in [-0.2, -0.15) is 0 Å². The zero-order valence-corrected chi connectivity index (χ0v) is 18.1. The molecule has 1 aromatic heterocycles. The van der Waals surface area contributed by atoms with Gasteiger partial charge in [0.15, 0.2) is 5.82 Å². The van der Waals surface area contributed by atoms with Crippen molar-refractivity contribution >= 4 is 17.6 Å². The molecular formula is C24H24ClN3O3. The number of ether oxygens (including phenoxy) is 1. The fourth-order valence-electron chi connectivity index (χ4n) is 3.79. The van der Waals surface area contributed by atoms with Crippen LogP contribution in [0.2, 0.25) is 5.02 Å². The number of fused-ring (bicyclic) bond motifs is 1. The molecule has 1 aliphatic rings. The lowest BCUT2D eigenvalue weighted by Crippen LogP contribution is -2.35. The second kappa shape index (κ2) is 9.45. The molecule has 7 heteroatoms. The molecule has 2 heterocycles. The molecule has 4 rings (SSSR count). The molecule has 160 valence electrons. The predicted molar refractivity (Wildman–Crippen MR) is 119 cm³/mol. The van der Waals surface area contributed by atoms with Gasteiger partial charge in [0.1, 0.15) is 12.4 Å². The SMILES string of the molecule is CCc1cccc(Cl)c1COc1ccc(-c2ncc3c(n2)CCN(CC(=O)O)C3)cc1. The van der Waals surface area contributed by atoms with Crippen LogP contribution in [0.4, 0.5) is 0 Å². The summed E-state index contributed by atoms with van der Waals surface area (Å²) in [6, 6.07) is 13.6. The lowest BCUT2D eigenvalue weighted by molar-refractivity contribution is -0.138. The highest BCUT2D eigenvalue weighted by Crippen LogP contribution is 2.25. The second-order valence-electron chi connectivity index (χ2n) is 7.56. The number of carboxylic acids is 1. The highest BCUT2D eigenvalue weighted by molar-refractivity contribution is 6.31. The minimum absolute atomic E-state index is 0.0383. The van der Waals surface area contributed by atoms with E-state index >= 15 is 0 Å². The lowest BCUT2D eigenvalue weighted by Gasteiger charge is -2.26. The molecule has 31 heavy (non-hydrogen) atoms. The summed E-state index contributed by atoms with van der Waals surface area (Å²) in [6.45, 7) is 3.81. The standard InChI is InChI=1S/C24H24ClN3O3/c1-2-16-4-3-5-21(25)20(16)15-31-19-8-6-17(7-9-19)24-26-12-18-13-28(14-23(29)30)11-10-22(18)27-24/h3-9,12H,2,10-11,13-15H2,1H3,(H,29,30). The first-order valence-corrected chi connectivity index (χ1v) is 10.7. The van der Waals surface area contributed by atoms with Crippen molar-refractivity contribution in [1.82, 2.24) is 14.9 Å². The molecule has 0 fully saturated rings. The first kappa shape index (κ1) is 21.3. The highest BCUT2D eigenvalue weighted by Gasteiger charge is 2.20. The van der Waals surface area contributed by atoms with E-state index in [2.05, 4.69) is 18.0 Å². The maximum Gasteiger partial charge on any atom is 0.317 e. The van der Waals surface area contributed by atoms with Gasteiger partial charge < -0.3 is 9.84 Å². The minimum Gasteiger partial charge on any atom is -0.489 e. The Bertz CT molecular complexity index is 1090. The molecule has 2 aromatic carbocycles. The van der Waals surface area contributed by atoms with E-state index < -0.39 is 5.97 Å². The van der Waals surface area contributed by atoms with Gasteiger partial charge in [-0.05, 0) is 42.3 Å². The van der Waals surface area contributed by atoms with E-state index in [1.54, 1.807) is 6.20 Å². The van der Waals surface area contributed by atoms with E-state index in [0.29, 0.717) is 25.5 Å². The summed E-state index contributed by atoms with van der Waals surface area (Å²) in [4.78, 5) is 22.0. The lowest BCUT2D eigenvalue weighted by atomic mass is 10.1. The van der Waals surface area contributed by atoms with E-state index in [4.69, 9.17) is 26.4 Å². The zero-order chi connectivity index (χ0) is 21.8. The summed E-state index contributed by atoms with van der Waals surface area (Å²) in [6.07, 6.45) is 3.43. The van der Waals surface area contributed by atoms with Crippen molar-refractivity contribution < 1.29 is 14.6 Å². The number of aliphatic carboxylic acids is 1. The zero-order valence-electron chi connectivity index (χ0n) is 17.3. The van der Waals surface area contributed by atoms with Crippen LogP contribution < -0.4 is 4.74 Å². The average molecular weight is 438 g/mol. The Kier molecular flexibility index (Phi) is 6.49. The molecule has 0 spiro atoms. The van der Waals surface area contributed by atoms with Crippen LogP contribution in [-0.4, -0.2) is 39.0 Å². The van der Waals surface area contributed by atoms with Crippen LogP contribution in [0, 0.1) is 0 Å². The third kappa shape index (κ3) is 5.03. The Balaban J connectivity index is 1.44. The van der Waals surface area contributed by atoms with Crippen molar-refractivity contribution in [2.45, 2.75) is 32.9 Å². The summed E-state index contributed by atoms with van der Waals surface area (Å²) in [7, 11) is 0. The third-order valence-corrected chi connectivity index (χ3v) is 5.82. The van der Waals surface area contributed by atoms with Crippen molar-refractivity contribution in [3.8, 4) is 17.1 Å². The molecule has 0 amide bonds. The van der Waals surface area contributed by atoms with Gasteiger partial charge in [0.05, 0.1) is 12.2 Å². The Labute approximate surface area is 186 Å². The third-order valence-electron chi connectivity index (χ3n) is 5.46. The number of rotatable bonds is 7. The molecule has 0 unspecified atom stereocenters. The first-order valence-electron chi connectivity index (χ1n) is 10.3. The molecule has 0 atom stereocenters. The number of aromatic nitrogens is 2. The number of aryl methyl sites for hydroxylation is 1. The maximum absolute atomic E-state index is 10.9. The van der Waals surface area contributed by atoms with Gasteiger partial charge in [0, 0.05) is 47.4 Å². The van der Waals surface area contributed by atoms with Crippen molar-refractivity contribution in [3.05, 3.63) is 76.1 Å². The van der Waals surface area contributed by atoms with Crippen molar-refractivity contribution in [2.75, 3.05) is 13.1 Å². The largest absolute Gasteiger partial charge is 0.489 e. The summed E-state index contributed by atoms with van der Waals surface area (Å²) in [5.74, 6) is 0.605. The molecule has 0 radical (unpaired) electrons. The van der Waals surface area contributed by atoms with Gasteiger partial charge >= 0.3 is 5.97 Å². The minimum atomic E-state index is -0.816. The molecule has 0 bridgehead atoms. The molecule has 0 aliphatic carbocycles. The van der Waals surface area contributed by atoms with Gasteiger partial charge in [-0.25, -0.2) is 9.97 Å². The van der Waals surface area contributed by atoms with E-state index in [9.17, 15) is 4.79 Å². The number of nitrogens with zero attached hydrogens (tertiary/aromatic N) is 3. The summed E-state index contributed by atoms with van der Waals surface area (Å²) in [5.41, 5.74) is 5.09. The number of hydrogen-bond acceptors (Lipinski definition) is 5. The Hall–Kier alpha value is -2.96. The van der Waals surface area contributed by atoms with E-state index in [1.165, 1.54) is 5.56 Å². The van der Waals surface area contributed by atoms with Crippen LogP contribution in [0.15, 0.2) is 48.7 Å². The van der Waals surface area contributed by atoms with Crippen LogP contribution in [0.25, 0.3) is 11.4 Å². The van der Waals surface area contributed by atoms with Gasteiger partial charge in [-0.15, -0.1) is 0 Å².